The van der Waals surface area contributed by atoms with E-state index in [0.29, 0.717) is 10.3 Å². The van der Waals surface area contributed by atoms with Crippen LogP contribution in [0.15, 0.2) is 16.7 Å². The third-order valence-corrected chi connectivity index (χ3v) is 2.17. The van der Waals surface area contributed by atoms with Crippen LogP contribution >= 0.6 is 15.9 Å². The van der Waals surface area contributed by atoms with Crippen molar-refractivity contribution in [2.75, 3.05) is 4.72 Å². The first-order valence-electron chi connectivity index (χ1n) is 3.13. The predicted molar refractivity (Wildman–Crippen MR) is 56.4 cm³/mol. The Bertz CT molecular complexity index is 362. The van der Waals surface area contributed by atoms with Gasteiger partial charge in [-0.15, -0.1) is 0 Å². The van der Waals surface area contributed by atoms with E-state index in [1.807, 2.05) is 6.92 Å². The largest absolute Gasteiger partial charge is 0.269 e. The van der Waals surface area contributed by atoms with E-state index in [-0.39, 0.29) is 29.6 Å². The van der Waals surface area contributed by atoms with Gasteiger partial charge in [0.05, 0.1) is 4.47 Å². The van der Waals surface area contributed by atoms with Crippen LogP contribution in [0.2, 0.25) is 0 Å². The van der Waals surface area contributed by atoms with Crippen LogP contribution in [0.25, 0.3) is 0 Å². The summed E-state index contributed by atoms with van der Waals surface area (Å²) in [5.74, 6) is 0.316. The number of anilines is 1. The molecule has 0 bridgehead atoms. The molecule has 0 fully saturated rings. The summed E-state index contributed by atoms with van der Waals surface area (Å²) in [6.07, 6.45) is 1.59. The summed E-state index contributed by atoms with van der Waals surface area (Å²) in [5.41, 5.74) is 0.966. The van der Waals surface area contributed by atoms with Crippen molar-refractivity contribution in [3.8, 4) is 0 Å². The normalized spacial score (nSPS) is 9.46. The molecule has 0 atom stereocenters. The minimum atomic E-state index is -2.65. The Balaban J connectivity index is 0.00000144. The zero-order valence-electron chi connectivity index (χ0n) is 7.24. The second-order valence-electron chi connectivity index (χ2n) is 2.21. The molecule has 0 spiro atoms. The van der Waals surface area contributed by atoms with E-state index in [0.717, 1.165) is 5.56 Å². The Morgan fingerprint density at radius 2 is 2.15 bits per heavy atom. The summed E-state index contributed by atoms with van der Waals surface area (Å²) in [6, 6.07) is 1.79. The predicted octanol–water partition coefficient (Wildman–Crippen LogP) is 0.710. The van der Waals surface area contributed by atoms with Gasteiger partial charge < -0.3 is 0 Å². The Morgan fingerprint density at radius 3 is 2.62 bits per heavy atom. The molecule has 1 heterocycles. The van der Waals surface area contributed by atoms with Gasteiger partial charge in [-0.2, -0.15) is 0 Å². The Kier molecular flexibility index (Phi) is 6.15. The van der Waals surface area contributed by atoms with Gasteiger partial charge in [0.2, 0.25) is 10.9 Å². The van der Waals surface area contributed by atoms with Crippen molar-refractivity contribution >= 4 is 62.2 Å². The number of nitrogens with one attached hydrogen (secondary N) is 1. The summed E-state index contributed by atoms with van der Waals surface area (Å²) >= 11 is 3.18. The molecule has 0 unspecified atom stereocenters. The summed E-state index contributed by atoms with van der Waals surface area (Å²) in [7, 11) is -2.65. The fourth-order valence-corrected chi connectivity index (χ4v) is 1.77. The SMILES string of the molecule is Cc1cnc(N[SH](=O)=O)c(Br)c1.[Na]. The van der Waals surface area contributed by atoms with Gasteiger partial charge in [0.1, 0.15) is 0 Å². The van der Waals surface area contributed by atoms with E-state index in [9.17, 15) is 8.42 Å². The number of thiol groups is 1. The number of nitrogens with zero attached hydrogens (tertiary/aromatic N) is 1. The fraction of sp³-hybridized carbons (Fsp3) is 0.167. The molecule has 1 aromatic heterocycles. The Morgan fingerprint density at radius 1 is 1.54 bits per heavy atom. The van der Waals surface area contributed by atoms with E-state index < -0.39 is 10.9 Å². The second-order valence-corrected chi connectivity index (χ2v) is 3.80. The first-order chi connectivity index (χ1) is 5.59. The third-order valence-electron chi connectivity index (χ3n) is 1.18. The summed E-state index contributed by atoms with van der Waals surface area (Å²) in [4.78, 5) is 3.88. The van der Waals surface area contributed by atoms with Crippen LogP contribution in [-0.2, 0) is 10.9 Å². The van der Waals surface area contributed by atoms with E-state index in [1.54, 1.807) is 12.3 Å². The molecular weight excluding hydrogens is 267 g/mol. The molecule has 0 saturated carbocycles. The summed E-state index contributed by atoms with van der Waals surface area (Å²) < 4.78 is 23.4. The molecule has 1 radical (unpaired) electrons. The molecule has 7 heteroatoms. The second kappa shape index (κ2) is 5.98. The van der Waals surface area contributed by atoms with Gasteiger partial charge in [-0.3, -0.25) is 4.72 Å². The molecule has 0 aromatic carbocycles. The first kappa shape index (κ1) is 13.4. The number of aryl methyl sites for hydroxylation is 1. The molecule has 13 heavy (non-hydrogen) atoms. The van der Waals surface area contributed by atoms with Gasteiger partial charge in [0.25, 0.3) is 0 Å². The van der Waals surface area contributed by atoms with Crippen molar-refractivity contribution in [1.29, 1.82) is 0 Å². The Labute approximate surface area is 109 Å². The van der Waals surface area contributed by atoms with Crippen molar-refractivity contribution in [2.45, 2.75) is 6.92 Å². The van der Waals surface area contributed by atoms with E-state index in [4.69, 9.17) is 0 Å². The van der Waals surface area contributed by atoms with Gasteiger partial charge >= 0.3 is 0 Å². The Hall–Kier alpha value is 0.380. The van der Waals surface area contributed by atoms with Gasteiger partial charge in [-0.05, 0) is 34.5 Å². The van der Waals surface area contributed by atoms with Gasteiger partial charge in [-0.25, -0.2) is 13.4 Å². The van der Waals surface area contributed by atoms with Crippen LogP contribution in [-0.4, -0.2) is 43.0 Å². The average Bonchev–Trinajstić information content (AvgIpc) is 1.94. The maximum Gasteiger partial charge on any atom is 0.223 e. The smallest absolute Gasteiger partial charge is 0.223 e. The number of aromatic nitrogens is 1. The molecule has 0 saturated heterocycles. The van der Waals surface area contributed by atoms with E-state index >= 15 is 0 Å². The minimum Gasteiger partial charge on any atom is -0.269 e. The molecule has 4 nitrogen and oxygen atoms in total. The van der Waals surface area contributed by atoms with E-state index in [1.165, 1.54) is 0 Å². The fourth-order valence-electron chi connectivity index (χ4n) is 0.702. The van der Waals surface area contributed by atoms with Crippen LogP contribution in [0.1, 0.15) is 5.56 Å². The molecule has 0 amide bonds. The van der Waals surface area contributed by atoms with Gasteiger partial charge in [-0.1, -0.05) is 0 Å². The zero-order valence-corrected chi connectivity index (χ0v) is 11.7. The molecule has 67 valence electrons. The molecule has 1 N–H and O–H groups in total. The van der Waals surface area contributed by atoms with Crippen molar-refractivity contribution < 1.29 is 8.42 Å². The molecule has 1 rings (SSSR count). The maximum atomic E-state index is 10.3. The van der Waals surface area contributed by atoms with Crippen molar-refractivity contribution in [3.63, 3.8) is 0 Å². The molecule has 1 aromatic rings. The molecule has 0 aliphatic rings. The molecular formula is C6H7BrN2NaO2S. The monoisotopic (exact) mass is 273 g/mol. The maximum absolute atomic E-state index is 10.3. The standard InChI is InChI=1S/C6H7BrN2O2S.Na/c1-4-2-5(7)6(8-3-4)9-12(10)11;/h2-3,12H,1H3,(H,8,9,10,11);. The van der Waals surface area contributed by atoms with Gasteiger partial charge in [0, 0.05) is 35.8 Å². The topological polar surface area (TPSA) is 59.1 Å². The van der Waals surface area contributed by atoms with Crippen LogP contribution < -0.4 is 4.72 Å². The van der Waals surface area contributed by atoms with Crippen LogP contribution in [0.3, 0.4) is 0 Å². The molecule has 0 aliphatic heterocycles. The first-order valence-corrected chi connectivity index (χ1v) is 5.10. The van der Waals surface area contributed by atoms with Crippen molar-refractivity contribution in [1.82, 2.24) is 4.98 Å². The van der Waals surface area contributed by atoms with E-state index in [2.05, 4.69) is 25.6 Å². The van der Waals surface area contributed by atoms with Crippen molar-refractivity contribution in [3.05, 3.63) is 22.3 Å². The zero-order chi connectivity index (χ0) is 9.14. The van der Waals surface area contributed by atoms with Crippen LogP contribution in [0.4, 0.5) is 5.82 Å². The quantitative estimate of drug-likeness (QED) is 0.617. The number of hydrogen-bond donors (Lipinski definition) is 2. The third kappa shape index (κ3) is 4.42. The average molecular weight is 274 g/mol. The minimum absolute atomic E-state index is 0. The summed E-state index contributed by atoms with van der Waals surface area (Å²) in [5, 5.41) is 0. The number of halogens is 1. The molecule has 0 aliphatic carbocycles. The number of pyridine rings is 1. The number of hydrogen-bond acceptors (Lipinski definition) is 3. The van der Waals surface area contributed by atoms with Crippen LogP contribution in [0, 0.1) is 6.92 Å². The summed E-state index contributed by atoms with van der Waals surface area (Å²) in [6.45, 7) is 1.87. The van der Waals surface area contributed by atoms with Gasteiger partial charge in [0.15, 0.2) is 5.82 Å². The number of rotatable bonds is 2. The van der Waals surface area contributed by atoms with Crippen molar-refractivity contribution in [2.24, 2.45) is 0 Å². The van der Waals surface area contributed by atoms with Crippen LogP contribution in [0.5, 0.6) is 0 Å².